The van der Waals surface area contributed by atoms with Crippen LogP contribution in [0.1, 0.15) is 56.5 Å². The van der Waals surface area contributed by atoms with Crippen LogP contribution >= 0.6 is 0 Å². The van der Waals surface area contributed by atoms with Gasteiger partial charge in [-0.05, 0) is 71.9 Å². The number of methoxy groups -OCH3 is 2. The van der Waals surface area contributed by atoms with E-state index in [4.69, 9.17) is 39.3 Å². The number of H-pyrrole nitrogens is 1. The van der Waals surface area contributed by atoms with Crippen molar-refractivity contribution in [1.82, 2.24) is 9.55 Å². The van der Waals surface area contributed by atoms with Crippen molar-refractivity contribution in [2.45, 2.75) is 81.9 Å². The van der Waals surface area contributed by atoms with Crippen LogP contribution in [0.3, 0.4) is 0 Å². The number of aromatic nitrogens is 2. The fourth-order valence-corrected chi connectivity index (χ4v) is 7.79. The van der Waals surface area contributed by atoms with Gasteiger partial charge in [-0.25, -0.2) is 4.79 Å². The van der Waals surface area contributed by atoms with Crippen LogP contribution in [0.4, 0.5) is 0 Å². The van der Waals surface area contributed by atoms with Gasteiger partial charge in [0.2, 0.25) is 0 Å². The minimum Gasteiger partial charge on any atom is -0.497 e. The number of terminal acetylenes is 1. The number of rotatable bonds is 18. The van der Waals surface area contributed by atoms with E-state index in [0.717, 1.165) is 23.1 Å². The van der Waals surface area contributed by atoms with Crippen LogP contribution in [-0.2, 0) is 29.0 Å². The van der Waals surface area contributed by atoms with E-state index in [1.54, 1.807) is 14.2 Å². The second kappa shape index (κ2) is 18.4. The van der Waals surface area contributed by atoms with Gasteiger partial charge in [0, 0.05) is 25.5 Å². The molecule has 4 aromatic rings. The molecule has 2 heterocycles. The molecule has 0 saturated carbocycles. The molecule has 4 atom stereocenters. The predicted molar refractivity (Wildman–Crippen MR) is 214 cm³/mol. The van der Waals surface area contributed by atoms with Gasteiger partial charge in [0.1, 0.15) is 42.0 Å². The van der Waals surface area contributed by atoms with Gasteiger partial charge in [0.05, 0.1) is 20.8 Å². The minimum absolute atomic E-state index is 0.0423. The van der Waals surface area contributed by atoms with Crippen molar-refractivity contribution in [2.24, 2.45) is 0 Å². The maximum Gasteiger partial charge on any atom is 0.330 e. The van der Waals surface area contributed by atoms with E-state index in [1.165, 1.54) is 16.8 Å². The number of hydrogen-bond acceptors (Lipinski definition) is 9. The minimum atomic E-state index is -2.49. The zero-order valence-electron chi connectivity index (χ0n) is 32.9. The third-order valence-electron chi connectivity index (χ3n) is 10.5. The molecule has 1 aliphatic rings. The largest absolute Gasteiger partial charge is 0.497 e. The molecule has 0 aliphatic carbocycles. The SMILES string of the molecule is C#CCOCCCCOC1C(O[Si](C)(C)C(C)(C)C)C(COC(c2ccccc2)(c2ccc(OC)cc2)c2ccc(OC)cc2)OC1n1ccc(=O)[nH]c1=O. The maximum atomic E-state index is 13.3. The Bertz CT molecular complexity index is 1920. The fraction of sp³-hybridized carbons (Fsp3) is 0.442. The molecule has 3 aromatic carbocycles. The summed E-state index contributed by atoms with van der Waals surface area (Å²) in [4.78, 5) is 27.9. The standard InChI is InChI=1S/C43H54N2O9Si/c1-9-27-50-28-13-14-29-51-39-38(54-55(7,8)42(2,3)4)36(53-40(39)45-26-25-37(46)44-41(45)47)30-52-43(31-15-11-10-12-16-31,32-17-21-34(48-5)22-18-32)33-19-23-35(49-6)24-20-33/h1,10-12,15-26,36,38-40H,13-14,27-30H2,2-8H3,(H,44,46,47). The Hall–Kier alpha value is -4.48. The van der Waals surface area contributed by atoms with Crippen molar-refractivity contribution in [3.63, 3.8) is 0 Å². The summed E-state index contributed by atoms with van der Waals surface area (Å²) in [5.74, 6) is 3.90. The molecule has 1 aliphatic heterocycles. The molecule has 1 fully saturated rings. The Morgan fingerprint density at radius 1 is 0.818 bits per heavy atom. The lowest BCUT2D eigenvalue weighted by Gasteiger charge is -2.41. The van der Waals surface area contributed by atoms with Gasteiger partial charge in [0.15, 0.2) is 14.5 Å². The Morgan fingerprint density at radius 2 is 1.40 bits per heavy atom. The zero-order valence-corrected chi connectivity index (χ0v) is 33.9. The summed E-state index contributed by atoms with van der Waals surface area (Å²) in [5.41, 5.74) is 0.349. The third kappa shape index (κ3) is 9.67. The average molecular weight is 771 g/mol. The number of aromatic amines is 1. The lowest BCUT2D eigenvalue weighted by molar-refractivity contribution is -0.0979. The highest BCUT2D eigenvalue weighted by molar-refractivity contribution is 6.74. The highest BCUT2D eigenvalue weighted by atomic mass is 28.4. The Kier molecular flexibility index (Phi) is 14.0. The molecule has 4 unspecified atom stereocenters. The quantitative estimate of drug-likeness (QED) is 0.0513. The number of nitrogens with zero attached hydrogens (tertiary/aromatic N) is 1. The number of unbranched alkanes of at least 4 members (excludes halogenated alkanes) is 1. The summed E-state index contributed by atoms with van der Waals surface area (Å²) in [7, 11) is 0.777. The lowest BCUT2D eigenvalue weighted by Crippen LogP contribution is -2.51. The molecule has 11 nitrogen and oxygen atoms in total. The fourth-order valence-electron chi connectivity index (χ4n) is 6.47. The van der Waals surface area contributed by atoms with Crippen molar-refractivity contribution >= 4 is 8.32 Å². The molecule has 1 aromatic heterocycles. The molecule has 0 spiro atoms. The average Bonchev–Trinajstić information content (AvgIpc) is 3.50. The van der Waals surface area contributed by atoms with Crippen LogP contribution in [0.25, 0.3) is 0 Å². The molecular formula is C43H54N2O9Si. The van der Waals surface area contributed by atoms with E-state index in [-0.39, 0.29) is 18.3 Å². The van der Waals surface area contributed by atoms with Crippen molar-refractivity contribution < 1.29 is 32.8 Å². The number of hydrogen-bond donors (Lipinski definition) is 1. The third-order valence-corrected chi connectivity index (χ3v) is 14.9. The van der Waals surface area contributed by atoms with Crippen molar-refractivity contribution in [3.05, 3.63) is 129 Å². The van der Waals surface area contributed by atoms with Crippen LogP contribution in [0.2, 0.25) is 18.1 Å². The van der Waals surface area contributed by atoms with Gasteiger partial charge in [0.25, 0.3) is 5.56 Å². The molecule has 12 heteroatoms. The molecule has 1 saturated heterocycles. The van der Waals surface area contributed by atoms with E-state index in [2.05, 4.69) is 44.8 Å². The first-order valence-electron chi connectivity index (χ1n) is 18.6. The van der Waals surface area contributed by atoms with Gasteiger partial charge in [-0.15, -0.1) is 6.42 Å². The van der Waals surface area contributed by atoms with Gasteiger partial charge in [-0.3, -0.25) is 14.3 Å². The van der Waals surface area contributed by atoms with E-state index < -0.39 is 49.7 Å². The zero-order chi connectivity index (χ0) is 39.6. The molecule has 294 valence electrons. The van der Waals surface area contributed by atoms with Crippen LogP contribution in [-0.4, -0.2) is 76.8 Å². The Balaban J connectivity index is 1.61. The molecule has 5 rings (SSSR count). The summed E-state index contributed by atoms with van der Waals surface area (Å²) in [6.07, 6.45) is 5.15. The normalized spacial score (nSPS) is 18.9. The topological polar surface area (TPSA) is 119 Å². The van der Waals surface area contributed by atoms with E-state index in [9.17, 15) is 9.59 Å². The number of nitrogens with one attached hydrogen (secondary N) is 1. The summed E-state index contributed by atoms with van der Waals surface area (Å²) in [6, 6.07) is 26.9. The molecular weight excluding hydrogens is 717 g/mol. The van der Waals surface area contributed by atoms with Crippen LogP contribution in [0.15, 0.2) is 101 Å². The van der Waals surface area contributed by atoms with Crippen LogP contribution in [0.5, 0.6) is 11.5 Å². The summed E-state index contributed by atoms with van der Waals surface area (Å²) in [5, 5.41) is -0.162. The van der Waals surface area contributed by atoms with Gasteiger partial charge in [-0.2, -0.15) is 0 Å². The van der Waals surface area contributed by atoms with Crippen LogP contribution in [0, 0.1) is 12.3 Å². The van der Waals surface area contributed by atoms with E-state index in [1.807, 2.05) is 78.9 Å². The Labute approximate surface area is 325 Å². The first kappa shape index (κ1) is 41.7. The molecule has 55 heavy (non-hydrogen) atoms. The second-order valence-electron chi connectivity index (χ2n) is 15.0. The second-order valence-corrected chi connectivity index (χ2v) is 19.8. The monoisotopic (exact) mass is 770 g/mol. The van der Waals surface area contributed by atoms with Crippen molar-refractivity contribution in [1.29, 1.82) is 0 Å². The highest BCUT2D eigenvalue weighted by Gasteiger charge is 2.53. The number of benzene rings is 3. The lowest BCUT2D eigenvalue weighted by atomic mass is 9.80. The van der Waals surface area contributed by atoms with E-state index in [0.29, 0.717) is 31.1 Å². The smallest absolute Gasteiger partial charge is 0.330 e. The number of ether oxygens (including phenoxy) is 6. The molecule has 0 radical (unpaired) electrons. The van der Waals surface area contributed by atoms with Crippen molar-refractivity contribution in [2.75, 3.05) is 40.6 Å². The van der Waals surface area contributed by atoms with Crippen LogP contribution < -0.4 is 20.7 Å². The van der Waals surface area contributed by atoms with Crippen molar-refractivity contribution in [3.8, 4) is 23.8 Å². The first-order chi connectivity index (χ1) is 26.3. The maximum absolute atomic E-state index is 13.3. The molecule has 0 amide bonds. The molecule has 1 N–H and O–H groups in total. The highest BCUT2D eigenvalue weighted by Crippen LogP contribution is 2.45. The summed E-state index contributed by atoms with van der Waals surface area (Å²) < 4.78 is 45.9. The molecule has 0 bridgehead atoms. The van der Waals surface area contributed by atoms with Gasteiger partial charge in [-0.1, -0.05) is 81.3 Å². The first-order valence-corrected chi connectivity index (χ1v) is 21.5. The summed E-state index contributed by atoms with van der Waals surface area (Å²) in [6.45, 7) is 12.0. The summed E-state index contributed by atoms with van der Waals surface area (Å²) >= 11 is 0. The predicted octanol–water partition coefficient (Wildman–Crippen LogP) is 6.67. The Morgan fingerprint density at radius 3 is 1.95 bits per heavy atom. The van der Waals surface area contributed by atoms with E-state index >= 15 is 0 Å². The van der Waals surface area contributed by atoms with Gasteiger partial charge >= 0.3 is 5.69 Å². The van der Waals surface area contributed by atoms with Gasteiger partial charge < -0.3 is 32.8 Å².